The zero-order valence-electron chi connectivity index (χ0n) is 27.2. The number of likely N-dealkylation sites (tertiary alicyclic amines) is 2. The van der Waals surface area contributed by atoms with Crippen molar-refractivity contribution < 1.29 is 13.7 Å². The number of fused-ring (bicyclic) bond motifs is 1. The van der Waals surface area contributed by atoms with Crippen LogP contribution in [0.15, 0.2) is 53.6 Å². The average Bonchev–Trinajstić information content (AvgIpc) is 3.70. The van der Waals surface area contributed by atoms with Crippen molar-refractivity contribution >= 4 is 52.8 Å². The molecule has 2 aromatic heterocycles. The molecule has 2 saturated heterocycles. The van der Waals surface area contributed by atoms with Gasteiger partial charge in [0.1, 0.15) is 5.75 Å². The Morgan fingerprint density at radius 1 is 1.04 bits per heavy atom. The second kappa shape index (κ2) is 13.3. The number of amides is 1. The van der Waals surface area contributed by atoms with Crippen LogP contribution in [-0.2, 0) is 14.3 Å². The highest BCUT2D eigenvalue weighted by Crippen LogP contribution is 2.39. The minimum Gasteiger partial charge on any atom is -0.495 e. The summed E-state index contributed by atoms with van der Waals surface area (Å²) >= 11 is 0. The van der Waals surface area contributed by atoms with Gasteiger partial charge in [-0.2, -0.15) is 19.6 Å². The van der Waals surface area contributed by atoms with Crippen molar-refractivity contribution in [2.45, 2.75) is 68.6 Å². The number of hydrogen-bond donors (Lipinski definition) is 3. The number of carbonyl (C=O) groups excluding carboxylic acids is 1. The Kier molecular flexibility index (Phi) is 9.32. The fourth-order valence-corrected chi connectivity index (χ4v) is 8.68. The first kappa shape index (κ1) is 32.3. The third-order valence-corrected chi connectivity index (χ3v) is 14.7. The molecule has 0 aliphatic carbocycles. The Labute approximate surface area is 273 Å². The summed E-state index contributed by atoms with van der Waals surface area (Å²) < 4.78 is 21.1. The summed E-state index contributed by atoms with van der Waals surface area (Å²) in [5, 5.41) is 11.1. The first-order chi connectivity index (χ1) is 22.1. The van der Waals surface area contributed by atoms with E-state index in [-0.39, 0.29) is 17.2 Å². The summed E-state index contributed by atoms with van der Waals surface area (Å²) in [4.78, 5) is 27.6. The molecule has 46 heavy (non-hydrogen) atoms. The number of nitrogens with zero attached hydrogens (tertiary/aromatic N) is 6. The van der Waals surface area contributed by atoms with Gasteiger partial charge in [-0.1, -0.05) is 44.0 Å². The van der Waals surface area contributed by atoms with E-state index in [1.807, 2.05) is 44.2 Å². The zero-order valence-corrected chi connectivity index (χ0v) is 29.3. The Balaban J connectivity index is 1.23. The van der Waals surface area contributed by atoms with Gasteiger partial charge in [0.2, 0.25) is 17.8 Å². The lowest BCUT2D eigenvalue weighted by Crippen LogP contribution is -2.47. The van der Waals surface area contributed by atoms with Crippen LogP contribution in [0.25, 0.3) is 5.65 Å². The maximum atomic E-state index is 13.6. The van der Waals surface area contributed by atoms with Crippen LogP contribution in [0.4, 0.5) is 23.3 Å². The van der Waals surface area contributed by atoms with E-state index in [9.17, 15) is 9.00 Å². The summed E-state index contributed by atoms with van der Waals surface area (Å²) in [7, 11) is 3.57. The molecule has 2 atom stereocenters. The van der Waals surface area contributed by atoms with Crippen LogP contribution < -0.4 is 15.4 Å². The summed E-state index contributed by atoms with van der Waals surface area (Å²) in [6.07, 6.45) is 5.58. The van der Waals surface area contributed by atoms with Crippen LogP contribution in [0.5, 0.6) is 5.75 Å². The number of nitrogens with one attached hydrogen (secondary N) is 2. The molecule has 0 spiro atoms. The molecule has 0 saturated carbocycles. The minimum absolute atomic E-state index is 0.0330. The number of rotatable bonds is 9. The minimum atomic E-state index is -2.73. The van der Waals surface area contributed by atoms with Crippen LogP contribution in [-0.4, -0.2) is 84.6 Å². The number of ether oxygens (including phenoxy) is 1. The van der Waals surface area contributed by atoms with E-state index in [2.05, 4.69) is 60.1 Å². The molecule has 4 aromatic rings. The van der Waals surface area contributed by atoms with E-state index in [0.717, 1.165) is 61.5 Å². The number of aryl methyl sites for hydroxylation is 1. The number of aromatic nitrogens is 4. The summed E-state index contributed by atoms with van der Waals surface area (Å²) in [5.74, 6) is 2.14. The average molecular weight is 665 g/mol. The molecule has 11 nitrogen and oxygen atoms in total. The Morgan fingerprint density at radius 3 is 2.50 bits per heavy atom. The number of para-hydroxylation sites is 1. The van der Waals surface area contributed by atoms with Gasteiger partial charge in [-0.25, -0.2) is 0 Å². The topological polar surface area (TPSA) is 117 Å². The predicted molar refractivity (Wildman–Crippen MR) is 188 cm³/mol. The number of methoxy groups -OCH3 is 1. The summed E-state index contributed by atoms with van der Waals surface area (Å²) in [5.41, 5.74) is 4.45. The predicted octanol–water partition coefficient (Wildman–Crippen LogP) is 5.30. The van der Waals surface area contributed by atoms with Crippen molar-refractivity contribution in [3.8, 4) is 5.75 Å². The molecule has 4 heterocycles. The monoisotopic (exact) mass is 664 g/mol. The van der Waals surface area contributed by atoms with Gasteiger partial charge in [0.15, 0.2) is 5.65 Å². The van der Waals surface area contributed by atoms with Gasteiger partial charge in [-0.3, -0.25) is 13.9 Å². The molecular weight excluding hydrogens is 619 g/mol. The second-order valence-electron chi connectivity index (χ2n) is 12.7. The van der Waals surface area contributed by atoms with Gasteiger partial charge >= 0.3 is 0 Å². The van der Waals surface area contributed by atoms with Gasteiger partial charge in [-0.05, 0) is 87.5 Å². The van der Waals surface area contributed by atoms with Crippen LogP contribution in [0.1, 0.15) is 56.6 Å². The normalized spacial score (nSPS) is 18.3. The molecule has 246 valence electrons. The molecule has 13 heteroatoms. The molecule has 2 aromatic carbocycles. The van der Waals surface area contributed by atoms with Gasteiger partial charge < -0.3 is 20.3 Å². The van der Waals surface area contributed by atoms with Gasteiger partial charge in [0, 0.05) is 29.3 Å². The highest BCUT2D eigenvalue weighted by Gasteiger charge is 2.34. The maximum absolute atomic E-state index is 13.6. The standard InChI is InChI=1S/C33H45N8O3PS/c1-21(2)46(43,45)29-11-7-6-9-25(29)36-33-38-32(37-30-12-15-34-41(30)33)35-26-19-22(3)24(20-28(26)44-5)23-13-17-40(18-14-23)31(42)27-10-8-16-39(27)4/h6-7,9,11-12,15,19-21,23,27,46H,8,10,13-14,16-18,45H2,1-5H3,(H2,35,36,37,38). The molecule has 2 fully saturated rings. The number of anilines is 4. The third-order valence-electron chi connectivity index (χ3n) is 9.44. The smallest absolute Gasteiger partial charge is 0.239 e. The lowest BCUT2D eigenvalue weighted by molar-refractivity contribution is -0.136. The molecule has 2 aliphatic heterocycles. The number of hydrogen-bond acceptors (Lipinski definition) is 9. The van der Waals surface area contributed by atoms with E-state index in [0.29, 0.717) is 34.9 Å². The lowest BCUT2D eigenvalue weighted by atomic mass is 9.86. The molecule has 0 bridgehead atoms. The number of thiol groups is 1. The zero-order chi connectivity index (χ0) is 32.6. The van der Waals surface area contributed by atoms with Crippen LogP contribution >= 0.6 is 8.44 Å². The van der Waals surface area contributed by atoms with Crippen LogP contribution in [0.2, 0.25) is 0 Å². The van der Waals surface area contributed by atoms with E-state index in [4.69, 9.17) is 14.7 Å². The van der Waals surface area contributed by atoms with Crippen molar-refractivity contribution in [2.24, 2.45) is 0 Å². The Hall–Kier alpha value is -3.60. The summed E-state index contributed by atoms with van der Waals surface area (Å²) in [6.45, 7) is 8.59. The Morgan fingerprint density at radius 2 is 1.80 bits per heavy atom. The van der Waals surface area contributed by atoms with Crippen LogP contribution in [0.3, 0.4) is 0 Å². The second-order valence-corrected chi connectivity index (χ2v) is 17.9. The van der Waals surface area contributed by atoms with E-state index >= 15 is 0 Å². The van der Waals surface area contributed by atoms with Crippen molar-refractivity contribution in [3.63, 3.8) is 0 Å². The van der Waals surface area contributed by atoms with Crippen LogP contribution in [0, 0.1) is 6.92 Å². The maximum Gasteiger partial charge on any atom is 0.239 e. The van der Waals surface area contributed by atoms with Crippen molar-refractivity contribution in [3.05, 3.63) is 59.8 Å². The van der Waals surface area contributed by atoms with Crippen molar-refractivity contribution in [1.82, 2.24) is 29.4 Å². The highest BCUT2D eigenvalue weighted by molar-refractivity contribution is 8.45. The molecule has 2 N–H and O–H groups in total. The molecule has 0 radical (unpaired) electrons. The molecule has 2 unspecified atom stereocenters. The fourth-order valence-electron chi connectivity index (χ4n) is 6.62. The number of benzene rings is 2. The fraction of sp³-hybridized carbons (Fsp3) is 0.455. The first-order valence-electron chi connectivity index (χ1n) is 16.0. The van der Waals surface area contributed by atoms with Gasteiger partial charge in [-0.15, -0.1) is 0 Å². The van der Waals surface area contributed by atoms with E-state index in [1.165, 1.54) is 5.56 Å². The summed E-state index contributed by atoms with van der Waals surface area (Å²) in [6, 6.07) is 13.6. The molecular formula is C33H45N8O3PS. The van der Waals surface area contributed by atoms with Crippen molar-refractivity contribution in [1.29, 1.82) is 0 Å². The van der Waals surface area contributed by atoms with E-state index in [1.54, 1.807) is 17.8 Å². The van der Waals surface area contributed by atoms with Crippen molar-refractivity contribution in [2.75, 3.05) is 44.4 Å². The number of carbonyl (C=O) groups is 1. The molecule has 2 aliphatic rings. The third kappa shape index (κ3) is 6.35. The largest absolute Gasteiger partial charge is 0.495 e. The SMILES string of the molecule is COc1cc(C2CCN(C(=O)C3CCCN3C)CC2)c(C)cc1Nc1nc(Nc2ccccc2[SH](=O)(P)C(C)C)n2nccc2n1. The first-order valence-corrected chi connectivity index (χ1v) is 19.4. The van der Waals surface area contributed by atoms with Gasteiger partial charge in [0.05, 0.1) is 30.7 Å². The number of likely N-dealkylation sites (N-methyl/N-ethyl adjacent to an activating group) is 1. The van der Waals surface area contributed by atoms with E-state index < -0.39 is 9.55 Å². The number of piperidine rings is 1. The molecule has 6 rings (SSSR count). The quantitative estimate of drug-likeness (QED) is 0.162. The van der Waals surface area contributed by atoms with Gasteiger partial charge in [0.25, 0.3) is 0 Å². The lowest BCUT2D eigenvalue weighted by Gasteiger charge is -2.35. The Bertz CT molecular complexity index is 1790. The highest BCUT2D eigenvalue weighted by atomic mass is 32.8. The molecule has 1 amide bonds.